The summed E-state index contributed by atoms with van der Waals surface area (Å²) in [5.41, 5.74) is 8.68. The first-order valence-electron chi connectivity index (χ1n) is 5.80. The van der Waals surface area contributed by atoms with Gasteiger partial charge in [-0.15, -0.1) is 11.3 Å². The maximum Gasteiger partial charge on any atom is 0.0939 e. The van der Waals surface area contributed by atoms with Crippen molar-refractivity contribution in [2.75, 3.05) is 0 Å². The van der Waals surface area contributed by atoms with E-state index in [1.165, 1.54) is 33.6 Å². The zero-order valence-electron chi connectivity index (χ0n) is 9.49. The summed E-state index contributed by atoms with van der Waals surface area (Å²) in [6.07, 6.45) is 4.51. The average molecular weight is 232 g/mol. The topological polar surface area (TPSA) is 38.9 Å². The molecule has 0 radical (unpaired) electrons. The fraction of sp³-hybridized carbons (Fsp3) is 0.462. The van der Waals surface area contributed by atoms with Crippen LogP contribution in [0.1, 0.15) is 29.8 Å². The highest BCUT2D eigenvalue weighted by molar-refractivity contribution is 7.18. The number of benzene rings is 1. The first-order valence-corrected chi connectivity index (χ1v) is 6.62. The van der Waals surface area contributed by atoms with Crippen molar-refractivity contribution in [3.8, 4) is 0 Å². The third kappa shape index (κ3) is 1.85. The third-order valence-corrected chi connectivity index (χ3v) is 4.47. The Bertz CT molecular complexity index is 526. The second kappa shape index (κ2) is 3.54. The highest BCUT2D eigenvalue weighted by Gasteiger charge is 2.37. The lowest BCUT2D eigenvalue weighted by Crippen LogP contribution is -2.21. The predicted molar refractivity (Wildman–Crippen MR) is 68.8 cm³/mol. The summed E-state index contributed by atoms with van der Waals surface area (Å²) in [5.74, 6) is 0. The van der Waals surface area contributed by atoms with Crippen LogP contribution in [0, 0.1) is 6.92 Å². The van der Waals surface area contributed by atoms with E-state index < -0.39 is 0 Å². The molecule has 0 amide bonds. The molecule has 1 aliphatic carbocycles. The number of nitrogens with zero attached hydrogens (tertiary/aromatic N) is 1. The summed E-state index contributed by atoms with van der Waals surface area (Å²) in [7, 11) is 0. The Kier molecular flexibility index (Phi) is 2.26. The number of hydrogen-bond donors (Lipinski definition) is 1. The van der Waals surface area contributed by atoms with Crippen molar-refractivity contribution in [2.45, 2.75) is 38.1 Å². The summed E-state index contributed by atoms with van der Waals surface area (Å²) >= 11 is 1.81. The van der Waals surface area contributed by atoms with E-state index in [1.807, 2.05) is 11.3 Å². The van der Waals surface area contributed by atoms with Crippen molar-refractivity contribution in [2.24, 2.45) is 5.73 Å². The molecule has 1 aromatic carbocycles. The van der Waals surface area contributed by atoms with E-state index in [4.69, 9.17) is 10.7 Å². The Balaban J connectivity index is 1.85. The van der Waals surface area contributed by atoms with Gasteiger partial charge in [0.1, 0.15) is 0 Å². The Morgan fingerprint density at radius 1 is 1.44 bits per heavy atom. The van der Waals surface area contributed by atoms with Gasteiger partial charge in [-0.3, -0.25) is 0 Å². The van der Waals surface area contributed by atoms with Crippen LogP contribution in [0.4, 0.5) is 0 Å². The Hall–Kier alpha value is -0.930. The molecule has 16 heavy (non-hydrogen) atoms. The van der Waals surface area contributed by atoms with Crippen molar-refractivity contribution >= 4 is 21.6 Å². The minimum absolute atomic E-state index is 0.146. The van der Waals surface area contributed by atoms with Crippen LogP contribution in [0.15, 0.2) is 18.2 Å². The summed E-state index contributed by atoms with van der Waals surface area (Å²) in [6.45, 7) is 2.12. The lowest BCUT2D eigenvalue weighted by molar-refractivity contribution is 0.608. The number of aryl methyl sites for hydroxylation is 2. The SMILES string of the molecule is Cc1cccc2sc(CCC3(N)CC3)nc12. The van der Waals surface area contributed by atoms with Crippen molar-refractivity contribution in [1.29, 1.82) is 0 Å². The molecule has 0 aliphatic heterocycles. The van der Waals surface area contributed by atoms with E-state index in [-0.39, 0.29) is 5.54 Å². The molecule has 0 unspecified atom stereocenters. The molecule has 1 aromatic heterocycles. The number of rotatable bonds is 3. The van der Waals surface area contributed by atoms with Gasteiger partial charge in [0, 0.05) is 12.0 Å². The molecule has 0 bridgehead atoms. The Morgan fingerprint density at radius 3 is 2.94 bits per heavy atom. The molecule has 0 atom stereocenters. The number of thiazole rings is 1. The van der Waals surface area contributed by atoms with E-state index >= 15 is 0 Å². The van der Waals surface area contributed by atoms with Gasteiger partial charge >= 0.3 is 0 Å². The number of hydrogen-bond acceptors (Lipinski definition) is 3. The van der Waals surface area contributed by atoms with Crippen LogP contribution >= 0.6 is 11.3 Å². The summed E-state index contributed by atoms with van der Waals surface area (Å²) in [5, 5.41) is 1.24. The van der Waals surface area contributed by atoms with Gasteiger partial charge < -0.3 is 5.73 Å². The summed E-state index contributed by atoms with van der Waals surface area (Å²) in [4.78, 5) is 4.71. The van der Waals surface area contributed by atoms with E-state index in [1.54, 1.807) is 0 Å². The quantitative estimate of drug-likeness (QED) is 0.883. The maximum atomic E-state index is 6.10. The van der Waals surface area contributed by atoms with Crippen molar-refractivity contribution in [3.05, 3.63) is 28.8 Å². The molecule has 2 aromatic rings. The second-order valence-corrected chi connectivity index (χ2v) is 6.01. The average Bonchev–Trinajstić information content (AvgIpc) is 2.84. The van der Waals surface area contributed by atoms with Crippen LogP contribution in [-0.4, -0.2) is 10.5 Å². The highest BCUT2D eigenvalue weighted by Crippen LogP contribution is 2.37. The van der Waals surface area contributed by atoms with E-state index in [9.17, 15) is 0 Å². The molecule has 84 valence electrons. The molecular weight excluding hydrogens is 216 g/mol. The van der Waals surface area contributed by atoms with Crippen LogP contribution in [-0.2, 0) is 6.42 Å². The first kappa shape index (κ1) is 10.2. The van der Waals surface area contributed by atoms with Crippen LogP contribution in [0.25, 0.3) is 10.2 Å². The smallest absolute Gasteiger partial charge is 0.0939 e. The molecule has 1 aliphatic rings. The molecule has 1 heterocycles. The molecule has 3 heteroatoms. The van der Waals surface area contributed by atoms with Crippen LogP contribution in [0.5, 0.6) is 0 Å². The maximum absolute atomic E-state index is 6.10. The van der Waals surface area contributed by atoms with Gasteiger partial charge in [-0.05, 0) is 37.8 Å². The Morgan fingerprint density at radius 2 is 2.25 bits per heavy atom. The number of para-hydroxylation sites is 1. The summed E-state index contributed by atoms with van der Waals surface area (Å²) in [6, 6.07) is 6.38. The Labute approximate surface area is 99.5 Å². The van der Waals surface area contributed by atoms with Gasteiger partial charge in [-0.2, -0.15) is 0 Å². The summed E-state index contributed by atoms with van der Waals surface area (Å²) < 4.78 is 1.30. The van der Waals surface area contributed by atoms with Gasteiger partial charge in [0.25, 0.3) is 0 Å². The molecule has 0 saturated heterocycles. The molecule has 0 spiro atoms. The van der Waals surface area contributed by atoms with E-state index in [2.05, 4.69) is 25.1 Å². The fourth-order valence-electron chi connectivity index (χ4n) is 2.01. The molecule has 1 saturated carbocycles. The normalized spacial score (nSPS) is 17.9. The van der Waals surface area contributed by atoms with Crippen molar-refractivity contribution < 1.29 is 0 Å². The molecule has 1 fully saturated rings. The van der Waals surface area contributed by atoms with Gasteiger partial charge in [0.2, 0.25) is 0 Å². The highest BCUT2D eigenvalue weighted by atomic mass is 32.1. The van der Waals surface area contributed by atoms with Crippen molar-refractivity contribution in [1.82, 2.24) is 4.98 Å². The van der Waals surface area contributed by atoms with Crippen LogP contribution in [0.3, 0.4) is 0 Å². The number of nitrogens with two attached hydrogens (primary N) is 1. The van der Waals surface area contributed by atoms with Gasteiger partial charge in [0.05, 0.1) is 15.2 Å². The minimum Gasteiger partial charge on any atom is -0.325 e. The number of aromatic nitrogens is 1. The third-order valence-electron chi connectivity index (χ3n) is 3.39. The first-order chi connectivity index (χ1) is 7.66. The zero-order chi connectivity index (χ0) is 11.2. The van der Waals surface area contributed by atoms with Crippen LogP contribution in [0.2, 0.25) is 0 Å². The van der Waals surface area contributed by atoms with Crippen LogP contribution < -0.4 is 5.73 Å². The monoisotopic (exact) mass is 232 g/mol. The van der Waals surface area contributed by atoms with Gasteiger partial charge in [0.15, 0.2) is 0 Å². The molecular formula is C13H16N2S. The van der Waals surface area contributed by atoms with E-state index in [0.717, 1.165) is 12.8 Å². The largest absolute Gasteiger partial charge is 0.325 e. The van der Waals surface area contributed by atoms with Crippen molar-refractivity contribution in [3.63, 3.8) is 0 Å². The predicted octanol–water partition coefficient (Wildman–Crippen LogP) is 3.03. The van der Waals surface area contributed by atoms with Gasteiger partial charge in [-0.1, -0.05) is 12.1 Å². The minimum atomic E-state index is 0.146. The second-order valence-electron chi connectivity index (χ2n) is 4.89. The molecule has 2 N–H and O–H groups in total. The zero-order valence-corrected chi connectivity index (χ0v) is 10.3. The molecule has 3 rings (SSSR count). The lowest BCUT2D eigenvalue weighted by atomic mass is 10.1. The molecule has 2 nitrogen and oxygen atoms in total. The lowest BCUT2D eigenvalue weighted by Gasteiger charge is -2.04. The fourth-order valence-corrected chi connectivity index (χ4v) is 3.05. The standard InChI is InChI=1S/C13H16N2S/c1-9-3-2-4-10-12(9)15-11(16-10)5-6-13(14)7-8-13/h2-4H,5-8,14H2,1H3. The number of fused-ring (bicyclic) bond motifs is 1. The van der Waals surface area contributed by atoms with Gasteiger partial charge in [-0.25, -0.2) is 4.98 Å². The van der Waals surface area contributed by atoms with E-state index in [0.29, 0.717) is 0 Å².